The number of hydrogen-bond donors (Lipinski definition) is 0. The van der Waals surface area contributed by atoms with E-state index in [9.17, 15) is 14.4 Å². The van der Waals surface area contributed by atoms with E-state index in [1.807, 2.05) is 59.1 Å². The van der Waals surface area contributed by atoms with E-state index in [4.69, 9.17) is 18.9 Å². The van der Waals surface area contributed by atoms with Gasteiger partial charge in [-0.2, -0.15) is 11.8 Å². The van der Waals surface area contributed by atoms with Crippen molar-refractivity contribution in [1.29, 1.82) is 0 Å². The maximum Gasteiger partial charge on any atom is 0.343 e. The van der Waals surface area contributed by atoms with Crippen LogP contribution >= 0.6 is 11.8 Å². The summed E-state index contributed by atoms with van der Waals surface area (Å²) in [6, 6.07) is 27.0. The van der Waals surface area contributed by atoms with Gasteiger partial charge in [0.1, 0.15) is 0 Å². The van der Waals surface area contributed by atoms with Crippen LogP contribution in [0.2, 0.25) is 0 Å². The molecular formula is C37H37NO7S. The van der Waals surface area contributed by atoms with Gasteiger partial charge in [0.25, 0.3) is 0 Å². The lowest BCUT2D eigenvalue weighted by atomic mass is 9.83. The first kappa shape index (κ1) is 32.6. The predicted octanol–water partition coefficient (Wildman–Crippen LogP) is 6.94. The van der Waals surface area contributed by atoms with Crippen LogP contribution in [0.25, 0.3) is 0 Å². The maximum absolute atomic E-state index is 13.6. The molecule has 0 radical (unpaired) electrons. The van der Waals surface area contributed by atoms with Gasteiger partial charge in [-0.25, -0.2) is 9.59 Å². The Hall–Kier alpha value is -4.76. The van der Waals surface area contributed by atoms with Gasteiger partial charge in [0, 0.05) is 48.1 Å². The van der Waals surface area contributed by atoms with Gasteiger partial charge in [-0.1, -0.05) is 66.7 Å². The number of ether oxygens (including phenoxy) is 4. The van der Waals surface area contributed by atoms with Crippen molar-refractivity contribution in [2.24, 2.45) is 0 Å². The van der Waals surface area contributed by atoms with Crippen molar-refractivity contribution in [3.63, 3.8) is 0 Å². The predicted molar refractivity (Wildman–Crippen MR) is 179 cm³/mol. The molecule has 5 rings (SSSR count). The average molecular weight is 640 g/mol. The topological polar surface area (TPSA) is 91.4 Å². The average Bonchev–Trinajstić information content (AvgIpc) is 3.11. The fourth-order valence-corrected chi connectivity index (χ4v) is 6.56. The molecule has 46 heavy (non-hydrogen) atoms. The monoisotopic (exact) mass is 639 g/mol. The van der Waals surface area contributed by atoms with E-state index in [1.54, 1.807) is 55.5 Å². The summed E-state index contributed by atoms with van der Waals surface area (Å²) in [5.74, 6) is 0.777. The summed E-state index contributed by atoms with van der Waals surface area (Å²) in [6.07, 6.45) is 0.675. The Labute approximate surface area is 273 Å². The van der Waals surface area contributed by atoms with Crippen molar-refractivity contribution in [3.05, 3.63) is 119 Å². The zero-order chi connectivity index (χ0) is 32.5. The Kier molecular flexibility index (Phi) is 11.0. The van der Waals surface area contributed by atoms with Gasteiger partial charge >= 0.3 is 11.9 Å². The summed E-state index contributed by atoms with van der Waals surface area (Å²) in [4.78, 5) is 42.2. The van der Waals surface area contributed by atoms with Crippen LogP contribution in [0, 0.1) is 6.92 Å². The van der Waals surface area contributed by atoms with Crippen LogP contribution in [0.15, 0.2) is 91.0 Å². The van der Waals surface area contributed by atoms with Crippen LogP contribution in [0.1, 0.15) is 56.2 Å². The number of benzene rings is 4. The van der Waals surface area contributed by atoms with E-state index in [0.29, 0.717) is 41.8 Å². The van der Waals surface area contributed by atoms with Gasteiger partial charge in [0.15, 0.2) is 11.5 Å². The molecule has 8 nitrogen and oxygen atoms in total. The van der Waals surface area contributed by atoms with Crippen molar-refractivity contribution in [1.82, 2.24) is 4.90 Å². The van der Waals surface area contributed by atoms with Gasteiger partial charge in [0.05, 0.1) is 25.3 Å². The van der Waals surface area contributed by atoms with E-state index < -0.39 is 17.9 Å². The van der Waals surface area contributed by atoms with Crippen LogP contribution in [-0.4, -0.2) is 61.6 Å². The van der Waals surface area contributed by atoms with Gasteiger partial charge in [-0.15, -0.1) is 0 Å². The summed E-state index contributed by atoms with van der Waals surface area (Å²) in [5, 5.41) is 0. The Morgan fingerprint density at radius 1 is 0.696 bits per heavy atom. The molecule has 238 valence electrons. The van der Waals surface area contributed by atoms with Crippen molar-refractivity contribution in [2.75, 3.05) is 38.8 Å². The highest BCUT2D eigenvalue weighted by atomic mass is 32.2. The second-order valence-electron chi connectivity index (χ2n) is 10.8. The number of carbonyl (C=O) groups is 3. The molecule has 9 heteroatoms. The molecule has 0 saturated carbocycles. The quantitative estimate of drug-likeness (QED) is 0.129. The van der Waals surface area contributed by atoms with E-state index >= 15 is 0 Å². The summed E-state index contributed by atoms with van der Waals surface area (Å²) >= 11 is 1.84. The fourth-order valence-electron chi connectivity index (χ4n) is 5.66. The number of carbonyl (C=O) groups excluding carboxylic acids is 3. The third kappa shape index (κ3) is 7.37. The Morgan fingerprint density at radius 2 is 1.17 bits per heavy atom. The summed E-state index contributed by atoms with van der Waals surface area (Å²) in [6.45, 7) is 3.23. The third-order valence-corrected chi connectivity index (χ3v) is 8.93. The van der Waals surface area contributed by atoms with E-state index in [0.717, 1.165) is 17.1 Å². The van der Waals surface area contributed by atoms with E-state index in [2.05, 4.69) is 0 Å². The molecule has 0 spiro atoms. The number of rotatable bonds is 11. The highest BCUT2D eigenvalue weighted by Crippen LogP contribution is 2.53. The maximum atomic E-state index is 13.6. The normalized spacial score (nSPS) is 13.4. The minimum atomic E-state index is -0.593. The van der Waals surface area contributed by atoms with Crippen molar-refractivity contribution in [2.45, 2.75) is 25.7 Å². The van der Waals surface area contributed by atoms with Gasteiger partial charge < -0.3 is 23.8 Å². The van der Waals surface area contributed by atoms with Gasteiger partial charge in [0.2, 0.25) is 17.4 Å². The fraction of sp³-hybridized carbons (Fsp3) is 0.270. The molecule has 0 aliphatic carbocycles. The Balaban J connectivity index is 1.67. The third-order valence-electron chi connectivity index (χ3n) is 7.99. The van der Waals surface area contributed by atoms with Crippen LogP contribution in [-0.2, 0) is 4.79 Å². The first-order valence-electron chi connectivity index (χ1n) is 15.2. The van der Waals surface area contributed by atoms with Crippen LogP contribution in [0.3, 0.4) is 0 Å². The molecule has 1 unspecified atom stereocenters. The molecule has 1 amide bonds. The molecule has 1 aliphatic heterocycles. The number of esters is 2. The van der Waals surface area contributed by atoms with Crippen LogP contribution in [0.4, 0.5) is 0 Å². The number of nitrogens with zero attached hydrogens (tertiary/aromatic N) is 1. The van der Waals surface area contributed by atoms with E-state index in [1.165, 1.54) is 14.2 Å². The molecule has 1 atom stereocenters. The standard InChI is InChI=1S/C37H37NO7S/c1-25-31(29(26-13-7-4-8-14-26)19-20-30(39)38-21-23-46-24-22-38)33(45-37(41)28-17-11-6-12-18-28)35(43-3)34(42-2)32(25)44-36(40)27-15-9-5-10-16-27/h4-18,29H,19-24H2,1-3H3. The largest absolute Gasteiger partial charge is 0.490 e. The van der Waals surface area contributed by atoms with Gasteiger partial charge in [-0.05, 0) is 43.2 Å². The highest BCUT2D eigenvalue weighted by molar-refractivity contribution is 7.99. The number of amides is 1. The minimum absolute atomic E-state index is 0.0675. The summed E-state index contributed by atoms with van der Waals surface area (Å²) in [5.41, 5.74) is 2.69. The number of hydrogen-bond acceptors (Lipinski definition) is 8. The molecule has 4 aromatic carbocycles. The summed E-state index contributed by atoms with van der Waals surface area (Å²) in [7, 11) is 2.87. The van der Waals surface area contributed by atoms with Crippen LogP contribution in [0.5, 0.6) is 23.0 Å². The number of thioether (sulfide) groups is 1. The molecule has 0 aromatic heterocycles. The van der Waals surface area contributed by atoms with Crippen molar-refractivity contribution in [3.8, 4) is 23.0 Å². The lowest BCUT2D eigenvalue weighted by Gasteiger charge is -2.29. The molecule has 1 fully saturated rings. The smallest absolute Gasteiger partial charge is 0.343 e. The zero-order valence-electron chi connectivity index (χ0n) is 26.2. The lowest BCUT2D eigenvalue weighted by molar-refractivity contribution is -0.131. The molecule has 1 heterocycles. The molecule has 1 saturated heterocycles. The minimum Gasteiger partial charge on any atom is -0.490 e. The molecule has 4 aromatic rings. The Morgan fingerprint density at radius 3 is 1.70 bits per heavy atom. The molecule has 1 aliphatic rings. The summed E-state index contributed by atoms with van der Waals surface area (Å²) < 4.78 is 23.8. The Bertz CT molecular complexity index is 1660. The highest BCUT2D eigenvalue weighted by Gasteiger charge is 2.34. The molecule has 0 N–H and O–H groups in total. The van der Waals surface area contributed by atoms with Crippen molar-refractivity contribution >= 4 is 29.6 Å². The molecular weight excluding hydrogens is 602 g/mol. The van der Waals surface area contributed by atoms with Crippen LogP contribution < -0.4 is 18.9 Å². The SMILES string of the molecule is COc1c(OC(=O)c2ccccc2)c(C)c(C(CCC(=O)N2CCSCC2)c2ccccc2)c(OC(=O)c2ccccc2)c1OC. The second-order valence-corrected chi connectivity index (χ2v) is 12.0. The first-order chi connectivity index (χ1) is 22.4. The number of methoxy groups -OCH3 is 2. The van der Waals surface area contributed by atoms with Gasteiger partial charge in [-0.3, -0.25) is 4.79 Å². The van der Waals surface area contributed by atoms with E-state index in [-0.39, 0.29) is 35.3 Å². The van der Waals surface area contributed by atoms with Crippen molar-refractivity contribution < 1.29 is 33.3 Å². The molecule has 0 bridgehead atoms. The second kappa shape index (κ2) is 15.5. The lowest BCUT2D eigenvalue weighted by Crippen LogP contribution is -2.37. The zero-order valence-corrected chi connectivity index (χ0v) is 27.0. The first-order valence-corrected chi connectivity index (χ1v) is 16.3.